The molecule has 2 heterocycles. The molecule has 0 aromatic heterocycles. The summed E-state index contributed by atoms with van der Waals surface area (Å²) >= 11 is 3.46. The molecule has 2 aliphatic rings. The van der Waals surface area contributed by atoms with Crippen molar-refractivity contribution in [2.45, 2.75) is 19.4 Å². The predicted octanol–water partition coefficient (Wildman–Crippen LogP) is 2.22. The Kier molecular flexibility index (Phi) is 5.72. The molecule has 3 rings (SSSR count). The summed E-state index contributed by atoms with van der Waals surface area (Å²) in [5.41, 5.74) is 1.00. The van der Waals surface area contributed by atoms with Crippen LogP contribution in [0, 0.1) is 5.92 Å². The Balaban J connectivity index is 0.00000161. The molecule has 0 unspecified atom stereocenters. The highest BCUT2D eigenvalue weighted by atomic mass is 79.9. The van der Waals surface area contributed by atoms with E-state index >= 15 is 0 Å². The second-order valence-electron chi connectivity index (χ2n) is 5.05. The number of fused-ring (bicyclic) bond motifs is 1. The molecule has 5 nitrogen and oxygen atoms in total. The zero-order valence-corrected chi connectivity index (χ0v) is 13.9. The quantitative estimate of drug-likeness (QED) is 0.848. The van der Waals surface area contributed by atoms with E-state index in [1.807, 2.05) is 12.1 Å². The summed E-state index contributed by atoms with van der Waals surface area (Å²) in [5, 5.41) is 6.27. The number of benzene rings is 1. The largest absolute Gasteiger partial charge is 0.454 e. The molecule has 1 aromatic rings. The number of amides is 1. The minimum atomic E-state index is 0. The molecular weight excluding hydrogens is 360 g/mol. The molecule has 0 saturated carbocycles. The standard InChI is InChI=1S/C14H17BrN2O3.ClH/c15-11-5-9(6-12-13(11)20-8-19-12)7-17-14(18)10-1-3-16-4-2-10;/h5-6,10,16H,1-4,7-8H2,(H,17,18);1H. The Morgan fingerprint density at radius 3 is 2.86 bits per heavy atom. The van der Waals surface area contributed by atoms with Gasteiger partial charge in [-0.25, -0.2) is 0 Å². The van der Waals surface area contributed by atoms with Gasteiger partial charge in [-0.05, 0) is 59.6 Å². The highest BCUT2D eigenvalue weighted by Gasteiger charge is 2.21. The molecule has 1 amide bonds. The maximum Gasteiger partial charge on any atom is 0.231 e. The highest BCUT2D eigenvalue weighted by Crippen LogP contribution is 2.39. The van der Waals surface area contributed by atoms with E-state index in [0.717, 1.165) is 47.5 Å². The van der Waals surface area contributed by atoms with Gasteiger partial charge in [-0.1, -0.05) is 0 Å². The summed E-state index contributed by atoms with van der Waals surface area (Å²) in [5.74, 6) is 1.73. The van der Waals surface area contributed by atoms with Gasteiger partial charge in [0.25, 0.3) is 0 Å². The van der Waals surface area contributed by atoms with Crippen molar-refractivity contribution in [2.75, 3.05) is 19.9 Å². The number of halogens is 2. The highest BCUT2D eigenvalue weighted by molar-refractivity contribution is 9.10. The third-order valence-electron chi connectivity index (χ3n) is 3.66. The molecule has 21 heavy (non-hydrogen) atoms. The molecule has 2 N–H and O–H groups in total. The maximum atomic E-state index is 12.1. The molecule has 1 aromatic carbocycles. The number of hydrogen-bond acceptors (Lipinski definition) is 4. The summed E-state index contributed by atoms with van der Waals surface area (Å²) in [6.45, 7) is 2.61. The SMILES string of the molecule is Cl.O=C(NCc1cc(Br)c2c(c1)OCO2)C1CCNCC1. The Labute approximate surface area is 138 Å². The lowest BCUT2D eigenvalue weighted by atomic mass is 9.97. The van der Waals surface area contributed by atoms with Gasteiger partial charge >= 0.3 is 0 Å². The predicted molar refractivity (Wildman–Crippen MR) is 85.0 cm³/mol. The van der Waals surface area contributed by atoms with E-state index in [9.17, 15) is 4.79 Å². The molecule has 0 aliphatic carbocycles. The number of piperidine rings is 1. The summed E-state index contributed by atoms with van der Waals surface area (Å²) in [6.07, 6.45) is 1.83. The van der Waals surface area contributed by atoms with E-state index in [1.165, 1.54) is 0 Å². The molecule has 1 fully saturated rings. The molecular formula is C14H18BrClN2O3. The van der Waals surface area contributed by atoms with E-state index in [4.69, 9.17) is 9.47 Å². The second-order valence-corrected chi connectivity index (χ2v) is 5.91. The lowest BCUT2D eigenvalue weighted by Crippen LogP contribution is -2.37. The average Bonchev–Trinajstić information content (AvgIpc) is 2.94. The van der Waals surface area contributed by atoms with Crippen LogP contribution in [0.2, 0.25) is 0 Å². The van der Waals surface area contributed by atoms with Gasteiger partial charge in [-0.2, -0.15) is 0 Å². The summed E-state index contributed by atoms with van der Waals surface area (Å²) < 4.78 is 11.6. The first kappa shape index (κ1) is 16.4. The fraction of sp³-hybridized carbons (Fsp3) is 0.500. The average molecular weight is 378 g/mol. The van der Waals surface area contributed by atoms with Gasteiger partial charge in [0.1, 0.15) is 0 Å². The van der Waals surface area contributed by atoms with Crippen molar-refractivity contribution in [1.29, 1.82) is 0 Å². The molecule has 0 spiro atoms. The van der Waals surface area contributed by atoms with Crippen LogP contribution < -0.4 is 20.1 Å². The number of rotatable bonds is 3. The zero-order chi connectivity index (χ0) is 13.9. The maximum absolute atomic E-state index is 12.1. The first-order valence-electron chi connectivity index (χ1n) is 6.80. The first-order chi connectivity index (χ1) is 9.74. The molecule has 1 saturated heterocycles. The Bertz CT molecular complexity index is 521. The topological polar surface area (TPSA) is 59.6 Å². The third-order valence-corrected chi connectivity index (χ3v) is 4.25. The Hall–Kier alpha value is -0.980. The minimum absolute atomic E-state index is 0. The second kappa shape index (κ2) is 7.33. The van der Waals surface area contributed by atoms with Gasteiger partial charge in [-0.3, -0.25) is 4.79 Å². The number of ether oxygens (including phenoxy) is 2. The van der Waals surface area contributed by atoms with Crippen LogP contribution >= 0.6 is 28.3 Å². The molecule has 2 aliphatic heterocycles. The Morgan fingerprint density at radius 2 is 2.10 bits per heavy atom. The van der Waals surface area contributed by atoms with Crippen LogP contribution in [-0.2, 0) is 11.3 Å². The van der Waals surface area contributed by atoms with Crippen LogP contribution in [0.4, 0.5) is 0 Å². The van der Waals surface area contributed by atoms with Gasteiger partial charge in [0.15, 0.2) is 11.5 Å². The molecule has 116 valence electrons. The van der Waals surface area contributed by atoms with Gasteiger partial charge in [0.05, 0.1) is 4.47 Å². The molecule has 0 bridgehead atoms. The van der Waals surface area contributed by atoms with E-state index in [-0.39, 0.29) is 31.0 Å². The van der Waals surface area contributed by atoms with E-state index in [2.05, 4.69) is 26.6 Å². The lowest BCUT2D eigenvalue weighted by Gasteiger charge is -2.21. The van der Waals surface area contributed by atoms with Crippen LogP contribution in [0.3, 0.4) is 0 Å². The van der Waals surface area contributed by atoms with E-state index in [0.29, 0.717) is 6.54 Å². The first-order valence-corrected chi connectivity index (χ1v) is 7.60. The van der Waals surface area contributed by atoms with Gasteiger partial charge in [0.2, 0.25) is 12.7 Å². The fourth-order valence-corrected chi connectivity index (χ4v) is 3.14. The monoisotopic (exact) mass is 376 g/mol. The molecule has 0 atom stereocenters. The zero-order valence-electron chi connectivity index (χ0n) is 11.5. The Morgan fingerprint density at radius 1 is 1.33 bits per heavy atom. The number of carbonyl (C=O) groups excluding carboxylic acids is 1. The fourth-order valence-electron chi connectivity index (χ4n) is 2.54. The normalized spacial score (nSPS) is 17.2. The van der Waals surface area contributed by atoms with Gasteiger partial charge < -0.3 is 20.1 Å². The van der Waals surface area contributed by atoms with E-state index < -0.39 is 0 Å². The van der Waals surface area contributed by atoms with Crippen molar-refractivity contribution < 1.29 is 14.3 Å². The van der Waals surface area contributed by atoms with Crippen molar-refractivity contribution in [3.63, 3.8) is 0 Å². The summed E-state index contributed by atoms with van der Waals surface area (Å²) in [7, 11) is 0. The summed E-state index contributed by atoms with van der Waals surface area (Å²) in [6, 6.07) is 3.87. The molecule has 0 radical (unpaired) electrons. The van der Waals surface area contributed by atoms with Crippen LogP contribution in [0.1, 0.15) is 18.4 Å². The third kappa shape index (κ3) is 3.81. The van der Waals surface area contributed by atoms with Gasteiger partial charge in [0, 0.05) is 12.5 Å². The molecule has 7 heteroatoms. The smallest absolute Gasteiger partial charge is 0.231 e. The number of hydrogen-bond donors (Lipinski definition) is 2. The lowest BCUT2D eigenvalue weighted by molar-refractivity contribution is -0.125. The van der Waals surface area contributed by atoms with Crippen molar-refractivity contribution in [3.8, 4) is 11.5 Å². The van der Waals surface area contributed by atoms with Crippen molar-refractivity contribution in [1.82, 2.24) is 10.6 Å². The minimum Gasteiger partial charge on any atom is -0.454 e. The van der Waals surface area contributed by atoms with Crippen LogP contribution in [-0.4, -0.2) is 25.8 Å². The van der Waals surface area contributed by atoms with Crippen molar-refractivity contribution in [3.05, 3.63) is 22.2 Å². The van der Waals surface area contributed by atoms with Gasteiger partial charge in [-0.15, -0.1) is 12.4 Å². The van der Waals surface area contributed by atoms with Crippen LogP contribution in [0.25, 0.3) is 0 Å². The number of carbonyl (C=O) groups is 1. The van der Waals surface area contributed by atoms with Crippen LogP contribution in [0.15, 0.2) is 16.6 Å². The number of nitrogens with one attached hydrogen (secondary N) is 2. The van der Waals surface area contributed by atoms with Crippen molar-refractivity contribution >= 4 is 34.2 Å². The van der Waals surface area contributed by atoms with Crippen molar-refractivity contribution in [2.24, 2.45) is 5.92 Å². The summed E-state index contributed by atoms with van der Waals surface area (Å²) in [4.78, 5) is 12.1. The van der Waals surface area contributed by atoms with Crippen LogP contribution in [0.5, 0.6) is 11.5 Å². The van der Waals surface area contributed by atoms with E-state index in [1.54, 1.807) is 0 Å².